The molecule has 1 fully saturated rings. The van der Waals surface area contributed by atoms with Crippen LogP contribution in [0.4, 0.5) is 5.69 Å². The fourth-order valence-corrected chi connectivity index (χ4v) is 2.02. The normalized spacial score (nSPS) is 16.5. The van der Waals surface area contributed by atoms with Crippen LogP contribution in [0.2, 0.25) is 5.02 Å². The molecule has 3 heteroatoms. The van der Waals surface area contributed by atoms with E-state index < -0.39 is 0 Å². The highest BCUT2D eigenvalue weighted by Gasteiger charge is 2.13. The molecule has 0 spiro atoms. The van der Waals surface area contributed by atoms with Crippen molar-refractivity contribution in [3.05, 3.63) is 35.4 Å². The first-order valence-corrected chi connectivity index (χ1v) is 5.44. The monoisotopic (exact) mass is 223 g/mol. The SMILES string of the molecule is C=Cc1ccc(N2CCOCC2)c(Cl)c1. The van der Waals surface area contributed by atoms with Gasteiger partial charge < -0.3 is 9.64 Å². The second-order valence-electron chi connectivity index (χ2n) is 3.51. The van der Waals surface area contributed by atoms with Gasteiger partial charge in [0.05, 0.1) is 23.9 Å². The number of rotatable bonds is 2. The molecule has 0 aliphatic carbocycles. The maximum Gasteiger partial charge on any atom is 0.0645 e. The predicted octanol–water partition coefficient (Wildman–Crippen LogP) is 2.82. The van der Waals surface area contributed by atoms with Gasteiger partial charge in [-0.2, -0.15) is 0 Å². The molecule has 0 atom stereocenters. The van der Waals surface area contributed by atoms with E-state index in [1.165, 1.54) is 0 Å². The lowest BCUT2D eigenvalue weighted by molar-refractivity contribution is 0.122. The number of nitrogens with zero attached hydrogens (tertiary/aromatic N) is 1. The highest BCUT2D eigenvalue weighted by Crippen LogP contribution is 2.27. The van der Waals surface area contributed by atoms with Gasteiger partial charge in [-0.25, -0.2) is 0 Å². The second kappa shape index (κ2) is 4.69. The van der Waals surface area contributed by atoms with Gasteiger partial charge >= 0.3 is 0 Å². The van der Waals surface area contributed by atoms with Gasteiger partial charge in [-0.1, -0.05) is 30.3 Å². The van der Waals surface area contributed by atoms with Gasteiger partial charge in [-0.05, 0) is 17.7 Å². The zero-order chi connectivity index (χ0) is 10.7. The summed E-state index contributed by atoms with van der Waals surface area (Å²) in [5.74, 6) is 0. The van der Waals surface area contributed by atoms with E-state index >= 15 is 0 Å². The van der Waals surface area contributed by atoms with E-state index in [1.54, 1.807) is 6.08 Å². The van der Waals surface area contributed by atoms with Crippen LogP contribution in [0.15, 0.2) is 24.8 Å². The fraction of sp³-hybridized carbons (Fsp3) is 0.333. The fourth-order valence-electron chi connectivity index (χ4n) is 1.71. The minimum Gasteiger partial charge on any atom is -0.378 e. The summed E-state index contributed by atoms with van der Waals surface area (Å²) in [5, 5.41) is 0.786. The standard InChI is InChI=1S/C12H14ClNO/c1-2-10-3-4-12(11(13)9-10)14-5-7-15-8-6-14/h2-4,9H,1,5-8H2. The van der Waals surface area contributed by atoms with Gasteiger partial charge in [0.25, 0.3) is 0 Å². The van der Waals surface area contributed by atoms with Crippen molar-refractivity contribution in [2.75, 3.05) is 31.2 Å². The van der Waals surface area contributed by atoms with Crippen molar-refractivity contribution in [3.63, 3.8) is 0 Å². The van der Waals surface area contributed by atoms with E-state index in [0.717, 1.165) is 42.6 Å². The van der Waals surface area contributed by atoms with E-state index in [0.29, 0.717) is 0 Å². The van der Waals surface area contributed by atoms with Crippen molar-refractivity contribution in [1.29, 1.82) is 0 Å². The van der Waals surface area contributed by atoms with Crippen molar-refractivity contribution >= 4 is 23.4 Å². The van der Waals surface area contributed by atoms with Crippen LogP contribution in [-0.4, -0.2) is 26.3 Å². The molecule has 1 aromatic carbocycles. The molecule has 0 radical (unpaired) electrons. The molecule has 0 aromatic heterocycles. The van der Waals surface area contributed by atoms with Crippen LogP contribution in [-0.2, 0) is 4.74 Å². The summed E-state index contributed by atoms with van der Waals surface area (Å²) in [6.07, 6.45) is 1.80. The Bertz CT molecular complexity index is 359. The topological polar surface area (TPSA) is 12.5 Å². The Morgan fingerprint density at radius 1 is 1.33 bits per heavy atom. The summed E-state index contributed by atoms with van der Waals surface area (Å²) in [5.41, 5.74) is 2.14. The highest BCUT2D eigenvalue weighted by molar-refractivity contribution is 6.33. The lowest BCUT2D eigenvalue weighted by Crippen LogP contribution is -2.36. The van der Waals surface area contributed by atoms with E-state index in [1.807, 2.05) is 18.2 Å². The van der Waals surface area contributed by atoms with Crippen LogP contribution < -0.4 is 4.90 Å². The molecule has 15 heavy (non-hydrogen) atoms. The molecular weight excluding hydrogens is 210 g/mol. The van der Waals surface area contributed by atoms with Crippen molar-refractivity contribution in [3.8, 4) is 0 Å². The third kappa shape index (κ3) is 2.33. The first kappa shape index (κ1) is 10.5. The Hall–Kier alpha value is -0.990. The van der Waals surface area contributed by atoms with Crippen molar-refractivity contribution < 1.29 is 4.74 Å². The van der Waals surface area contributed by atoms with Gasteiger partial charge in [-0.3, -0.25) is 0 Å². The Labute approximate surface area is 95.1 Å². The van der Waals surface area contributed by atoms with Gasteiger partial charge in [0.1, 0.15) is 0 Å². The van der Waals surface area contributed by atoms with E-state index in [-0.39, 0.29) is 0 Å². The van der Waals surface area contributed by atoms with Gasteiger partial charge in [-0.15, -0.1) is 0 Å². The first-order chi connectivity index (χ1) is 7.31. The molecule has 80 valence electrons. The largest absolute Gasteiger partial charge is 0.378 e. The molecule has 1 aliphatic rings. The van der Waals surface area contributed by atoms with Crippen LogP contribution in [0, 0.1) is 0 Å². The Morgan fingerprint density at radius 3 is 2.67 bits per heavy atom. The minimum atomic E-state index is 0.777. The Morgan fingerprint density at radius 2 is 2.07 bits per heavy atom. The number of ether oxygens (including phenoxy) is 1. The first-order valence-electron chi connectivity index (χ1n) is 5.06. The molecule has 1 saturated heterocycles. The maximum atomic E-state index is 6.21. The second-order valence-corrected chi connectivity index (χ2v) is 3.92. The number of halogens is 1. The summed E-state index contributed by atoms with van der Waals surface area (Å²) in [6, 6.07) is 6.02. The van der Waals surface area contributed by atoms with Crippen LogP contribution in [0.5, 0.6) is 0 Å². The predicted molar refractivity (Wildman–Crippen MR) is 64.6 cm³/mol. The minimum absolute atomic E-state index is 0.777. The number of hydrogen-bond acceptors (Lipinski definition) is 2. The lowest BCUT2D eigenvalue weighted by atomic mass is 10.2. The zero-order valence-corrected chi connectivity index (χ0v) is 9.33. The summed E-state index contributed by atoms with van der Waals surface area (Å²) in [7, 11) is 0. The number of hydrogen-bond donors (Lipinski definition) is 0. The van der Waals surface area contributed by atoms with Crippen LogP contribution >= 0.6 is 11.6 Å². The molecule has 1 heterocycles. The van der Waals surface area contributed by atoms with Crippen molar-refractivity contribution in [2.24, 2.45) is 0 Å². The number of benzene rings is 1. The molecule has 0 N–H and O–H groups in total. The zero-order valence-electron chi connectivity index (χ0n) is 8.58. The summed E-state index contributed by atoms with van der Waals surface area (Å²) >= 11 is 6.21. The highest BCUT2D eigenvalue weighted by atomic mass is 35.5. The van der Waals surface area contributed by atoms with Crippen molar-refractivity contribution in [1.82, 2.24) is 0 Å². The molecule has 2 rings (SSSR count). The van der Waals surface area contributed by atoms with Gasteiger partial charge in [0.15, 0.2) is 0 Å². The average Bonchev–Trinajstić information content (AvgIpc) is 2.30. The molecule has 0 saturated carbocycles. The smallest absolute Gasteiger partial charge is 0.0645 e. The molecule has 1 aromatic rings. The molecular formula is C12H14ClNO. The lowest BCUT2D eigenvalue weighted by Gasteiger charge is -2.29. The quantitative estimate of drug-likeness (QED) is 0.765. The third-order valence-electron chi connectivity index (χ3n) is 2.56. The molecule has 1 aliphatic heterocycles. The van der Waals surface area contributed by atoms with Crippen LogP contribution in [0.3, 0.4) is 0 Å². The molecule has 2 nitrogen and oxygen atoms in total. The molecule has 0 bridgehead atoms. The van der Waals surface area contributed by atoms with Crippen molar-refractivity contribution in [2.45, 2.75) is 0 Å². The van der Waals surface area contributed by atoms with E-state index in [9.17, 15) is 0 Å². The van der Waals surface area contributed by atoms with Crippen LogP contribution in [0.1, 0.15) is 5.56 Å². The molecule has 0 amide bonds. The summed E-state index contributed by atoms with van der Waals surface area (Å²) < 4.78 is 5.31. The Kier molecular flexibility index (Phi) is 3.29. The third-order valence-corrected chi connectivity index (χ3v) is 2.86. The Balaban J connectivity index is 2.23. The van der Waals surface area contributed by atoms with Gasteiger partial charge in [0.2, 0.25) is 0 Å². The van der Waals surface area contributed by atoms with E-state index in [4.69, 9.17) is 16.3 Å². The maximum absolute atomic E-state index is 6.21. The van der Waals surface area contributed by atoms with E-state index in [2.05, 4.69) is 11.5 Å². The number of morpholine rings is 1. The van der Waals surface area contributed by atoms with Crippen LogP contribution in [0.25, 0.3) is 6.08 Å². The molecule has 0 unspecified atom stereocenters. The summed E-state index contributed by atoms with van der Waals surface area (Å²) in [4.78, 5) is 2.25. The average molecular weight is 224 g/mol. The summed E-state index contributed by atoms with van der Waals surface area (Å²) in [6.45, 7) is 7.10. The number of anilines is 1. The van der Waals surface area contributed by atoms with Gasteiger partial charge in [0, 0.05) is 13.1 Å².